The van der Waals surface area contributed by atoms with Crippen LogP contribution in [0, 0.1) is 0 Å². The number of aromatic carboxylic acids is 5. The molecular formula is C115H99I3N6O18S4. The molecule has 742 valence electrons. The molecule has 0 radical (unpaired) electrons. The van der Waals surface area contributed by atoms with Crippen LogP contribution in [0.1, 0.15) is 159 Å². The highest BCUT2D eigenvalue weighted by Crippen LogP contribution is 2.50. The van der Waals surface area contributed by atoms with Crippen LogP contribution in [0.5, 0.6) is 28.7 Å². The second-order valence-electron chi connectivity index (χ2n) is 33.7. The molecule has 4 aromatic heterocycles. The number of carbonyl (C=O) groups excluding carboxylic acids is 1. The average molecular weight is 2360 g/mol. The number of aliphatic imine (C=N–C) groups is 1. The van der Waals surface area contributed by atoms with Gasteiger partial charge >= 0.3 is 35.8 Å². The van der Waals surface area contributed by atoms with Crippen molar-refractivity contribution in [3.63, 3.8) is 0 Å². The van der Waals surface area contributed by atoms with E-state index in [1.807, 2.05) is 153 Å². The number of aromatic nitrogens is 4. The number of carboxylic acids is 6. The van der Waals surface area contributed by atoms with Gasteiger partial charge in [0.15, 0.2) is 5.78 Å². The van der Waals surface area contributed by atoms with Gasteiger partial charge in [-0.15, -0.1) is 11.3 Å². The number of ketones is 1. The number of carboxylic acid groups (broad SMARTS) is 6. The molecule has 1 aliphatic carbocycles. The summed E-state index contributed by atoms with van der Waals surface area (Å²) in [6.07, 6.45) is 26.7. The van der Waals surface area contributed by atoms with Crippen LogP contribution in [-0.2, 0) is 40.1 Å². The molecule has 2 aliphatic heterocycles. The summed E-state index contributed by atoms with van der Waals surface area (Å²) < 4.78 is 10.1. The lowest BCUT2D eigenvalue weighted by molar-refractivity contribution is -0.679. The number of fused-ring (bicyclic) bond motifs is 7. The fourth-order valence-electron chi connectivity index (χ4n) is 16.7. The minimum absolute atomic E-state index is 0. The maximum Gasteiger partial charge on any atom is 0.340 e. The topological polar surface area (TPSA) is 382 Å². The fraction of sp³-hybridized carbons (Fsp3) is 0.113. The minimum atomic E-state index is -1.20. The second-order valence-corrected chi connectivity index (χ2v) is 37.8. The van der Waals surface area contributed by atoms with Crippen molar-refractivity contribution in [3.05, 3.63) is 400 Å². The average Bonchev–Trinajstić information content (AvgIpc) is 1.57. The van der Waals surface area contributed by atoms with Gasteiger partial charge < -0.3 is 133 Å². The second kappa shape index (κ2) is 50.0. The molecule has 0 bridgehead atoms. The number of allylic oxidation sites excluding steroid dienone is 8. The van der Waals surface area contributed by atoms with E-state index in [1.165, 1.54) is 103 Å². The number of benzene rings is 12. The van der Waals surface area contributed by atoms with Gasteiger partial charge in [-0.05, 0) is 216 Å². The zero-order valence-electron chi connectivity index (χ0n) is 79.8. The Morgan fingerprint density at radius 3 is 1.48 bits per heavy atom. The largest absolute Gasteiger partial charge is 1.00 e. The SMILES string of the molecule is CC1(C)C(/C=C/c2ccc(O)c(C(=O)O)c2)=Nc2ccccc21.CC[n+]1c(-c2ccccc2)csc1/C=C/c1ccc(O)c(C(=O)O)c1.CC[n+]1c(/C=C/c2cccc(C(=O)O)c2O)sc2ccccc21.CC[n+]1c(/C=C/c2cccc(O)c2C(=O)O)sc2ccccc21.CN1C(=CC=C2C=CC(=O)C(C(=O)O)=C2)C(C)(C)c2c1ccc1ccccc21.O=C(O)c1cc(/C=C/c2nc3ccccc3s2)ccc1O.[I-].[I-].[I-]. The minimum Gasteiger partial charge on any atom is -1.00 e. The van der Waals surface area contributed by atoms with Crippen molar-refractivity contribution in [2.45, 2.75) is 78.9 Å². The number of thiazole rings is 4. The number of rotatable bonds is 21. The first-order valence-corrected chi connectivity index (χ1v) is 48.5. The normalized spacial score (nSPS) is 13.5. The number of carbonyl (C=O) groups is 7. The number of para-hydroxylation sites is 5. The van der Waals surface area contributed by atoms with E-state index in [1.54, 1.807) is 112 Å². The van der Waals surface area contributed by atoms with Crippen LogP contribution < -0.4 is 90.5 Å². The number of aromatic hydroxyl groups is 5. The maximum absolute atomic E-state index is 11.7. The Morgan fingerprint density at radius 2 is 0.925 bits per heavy atom. The number of aliphatic carboxylic acids is 1. The summed E-state index contributed by atoms with van der Waals surface area (Å²) in [5, 5.41) is 112. The van der Waals surface area contributed by atoms with Crippen LogP contribution in [0.4, 0.5) is 11.4 Å². The zero-order valence-corrected chi connectivity index (χ0v) is 89.6. The van der Waals surface area contributed by atoms with Gasteiger partial charge in [0.1, 0.15) is 96.2 Å². The van der Waals surface area contributed by atoms with Crippen molar-refractivity contribution < 1.29 is 175 Å². The highest BCUT2D eigenvalue weighted by molar-refractivity contribution is 7.19. The summed E-state index contributed by atoms with van der Waals surface area (Å²) in [5.41, 5.74) is 14.9. The van der Waals surface area contributed by atoms with E-state index in [2.05, 4.69) is 155 Å². The fourth-order valence-corrected chi connectivity index (χ4v) is 20.8. The standard InChI is InChI=1S/C24H21NO3.C20H17NO3S.C19H17NO3.2C18H15NO3S.C16H11NO3S.3HI/c1-24(2)21(13-9-15-8-12-20(26)18(14-15)23(27)28)25(3)19-11-10-16-6-4-5-7-17(16)22(19)24;1-2-21-17(15-6-4-3-5-7-15)13-25-19(21)11-9-14-8-10-18(22)16(12-14)20(23)24;1-19(2)14-5-3-4-6-15(14)20-17(19)10-8-12-7-9-16(21)13(11-12)18(22)23;1-2-19-14-8-3-4-9-15(14)23-16(19)11-10-12-6-5-7-13(17(12)20)18(21)22;1-2-19-13-7-3-4-9-15(13)23-16(19)11-10-12-6-5-8-14(20)17(12)18(21)22;18-13-7-5-10(9-11(13)16(19)20)6-8-15-17-12-3-1-2-4-14(12)21-15;;;/h4-14H,1-3H3,(H,27,28);3-13H,2H2,1H3,(H,23,24);3-11,21H,1-2H3,(H,22,23);3-11H,2H2,1H3,(H,21,22);3-11H,2H2,1H3,(H-,20,21,22);1-9,18H,(H,19,20);3*1H/b;;10-8+;;11-10+;8-6+;;;. The van der Waals surface area contributed by atoms with Crippen LogP contribution in [0.2, 0.25) is 0 Å². The molecule has 12 aromatic carbocycles. The molecule has 11 N–H and O–H groups in total. The maximum atomic E-state index is 11.7. The van der Waals surface area contributed by atoms with E-state index in [4.69, 9.17) is 20.4 Å². The number of anilines is 1. The smallest absolute Gasteiger partial charge is 0.340 e. The predicted molar refractivity (Wildman–Crippen MR) is 569 cm³/mol. The molecule has 3 aliphatic rings. The number of hydrogen-bond acceptors (Lipinski definition) is 19. The van der Waals surface area contributed by atoms with Crippen molar-refractivity contribution in [2.75, 3.05) is 11.9 Å². The van der Waals surface area contributed by atoms with Crippen molar-refractivity contribution in [1.29, 1.82) is 0 Å². The monoisotopic (exact) mass is 2360 g/mol. The highest BCUT2D eigenvalue weighted by atomic mass is 127. The third kappa shape index (κ3) is 25.8. The molecule has 0 amide bonds. The summed E-state index contributed by atoms with van der Waals surface area (Å²) in [6, 6.07) is 78.1. The van der Waals surface area contributed by atoms with Gasteiger partial charge in [-0.25, -0.2) is 33.8 Å². The molecule has 0 atom stereocenters. The molecule has 0 spiro atoms. The molecule has 0 saturated heterocycles. The number of hydrogen-bond donors (Lipinski definition) is 11. The Balaban J connectivity index is 0.000000166. The van der Waals surface area contributed by atoms with E-state index in [-0.39, 0.29) is 145 Å². The number of halogens is 3. The van der Waals surface area contributed by atoms with E-state index in [0.717, 1.165) is 89.3 Å². The Morgan fingerprint density at radius 1 is 0.425 bits per heavy atom. The van der Waals surface area contributed by atoms with Gasteiger partial charge in [0.25, 0.3) is 15.0 Å². The molecule has 16 aromatic rings. The van der Waals surface area contributed by atoms with Crippen LogP contribution in [0.15, 0.2) is 318 Å². The molecule has 24 nitrogen and oxygen atoms in total. The first-order valence-electron chi connectivity index (χ1n) is 45.2. The predicted octanol–water partition coefficient (Wildman–Crippen LogP) is 15.4. The molecule has 19 rings (SSSR count). The van der Waals surface area contributed by atoms with Crippen LogP contribution in [0.25, 0.3) is 107 Å². The molecule has 146 heavy (non-hydrogen) atoms. The summed E-state index contributed by atoms with van der Waals surface area (Å²) in [5.74, 6) is -8.52. The van der Waals surface area contributed by atoms with Crippen molar-refractivity contribution >= 4 is 200 Å². The quantitative estimate of drug-likeness (QED) is 0.0181. The Kier molecular flexibility index (Phi) is 38.1. The number of nitrogens with zero attached hydrogens (tertiary/aromatic N) is 6. The molecule has 0 saturated carbocycles. The van der Waals surface area contributed by atoms with Gasteiger partial charge in [0.05, 0.1) is 27.0 Å². The van der Waals surface area contributed by atoms with E-state index < -0.39 is 41.6 Å². The van der Waals surface area contributed by atoms with E-state index >= 15 is 0 Å². The molecule has 0 fully saturated rings. The first-order chi connectivity index (χ1) is 68.6. The number of phenols is 5. The number of likely N-dealkylation sites (N-methyl/N-ethyl adjacent to an activating group) is 1. The lowest BCUT2D eigenvalue weighted by Gasteiger charge is -2.24. The zero-order chi connectivity index (χ0) is 102. The first kappa shape index (κ1) is 111. The Bertz CT molecular complexity index is 7980. The van der Waals surface area contributed by atoms with Gasteiger partial charge in [-0.1, -0.05) is 232 Å². The van der Waals surface area contributed by atoms with Gasteiger partial charge in [0.2, 0.25) is 16.7 Å². The lowest BCUT2D eigenvalue weighted by Crippen LogP contribution is -3.00. The number of aryl methyl sites for hydroxylation is 2. The van der Waals surface area contributed by atoms with Crippen molar-refractivity contribution in [1.82, 2.24) is 4.98 Å². The van der Waals surface area contributed by atoms with E-state index in [0.29, 0.717) is 27.8 Å². The Labute approximate surface area is 908 Å². The summed E-state index contributed by atoms with van der Waals surface area (Å²) in [7, 11) is 2.05. The summed E-state index contributed by atoms with van der Waals surface area (Å²) in [4.78, 5) is 89.8. The molecule has 31 heteroatoms. The Hall–Kier alpha value is -15.0. The van der Waals surface area contributed by atoms with Gasteiger partial charge in [-0.2, -0.15) is 13.7 Å². The summed E-state index contributed by atoms with van der Waals surface area (Å²) >= 11 is 6.52. The molecule has 0 unspecified atom stereocenters. The van der Waals surface area contributed by atoms with Crippen LogP contribution >= 0.6 is 45.3 Å². The van der Waals surface area contributed by atoms with Crippen LogP contribution in [0.3, 0.4) is 0 Å². The summed E-state index contributed by atoms with van der Waals surface area (Å²) in [6.45, 7) is 17.4. The van der Waals surface area contributed by atoms with Gasteiger partial charge in [-0.3, -0.25) is 9.79 Å². The van der Waals surface area contributed by atoms with E-state index in [9.17, 15) is 69.3 Å². The highest BCUT2D eigenvalue weighted by Gasteiger charge is 2.40. The lowest BCUT2D eigenvalue weighted by atomic mass is 9.81. The molecule has 6 heterocycles. The molecular weight excluding hydrogens is 2260 g/mol. The third-order valence-electron chi connectivity index (χ3n) is 23.9. The van der Waals surface area contributed by atoms with Crippen LogP contribution in [-0.4, -0.2) is 116 Å². The van der Waals surface area contributed by atoms with Crippen molar-refractivity contribution in [2.24, 2.45) is 4.99 Å². The van der Waals surface area contributed by atoms with Gasteiger partial charge in [0, 0.05) is 70.7 Å². The third-order valence-corrected chi connectivity index (χ3v) is 28.1. The van der Waals surface area contributed by atoms with Crippen molar-refractivity contribution in [3.8, 4) is 40.0 Å².